The zero-order valence-corrected chi connectivity index (χ0v) is 20.5. The third kappa shape index (κ3) is 3.92. The van der Waals surface area contributed by atoms with Crippen molar-refractivity contribution in [2.75, 3.05) is 24.0 Å². The summed E-state index contributed by atoms with van der Waals surface area (Å²) in [6.45, 7) is 4.11. The number of amidine groups is 1. The summed E-state index contributed by atoms with van der Waals surface area (Å²) < 4.78 is 5.40. The van der Waals surface area contributed by atoms with Crippen LogP contribution in [0.4, 0.5) is 17.1 Å². The molecule has 1 amide bonds. The Morgan fingerprint density at radius 1 is 0.939 bits per heavy atom. The van der Waals surface area contributed by atoms with Crippen molar-refractivity contribution < 1.29 is 9.53 Å². The van der Waals surface area contributed by atoms with E-state index in [2.05, 4.69) is 17.9 Å². The number of rotatable bonds is 3. The van der Waals surface area contributed by atoms with E-state index in [9.17, 15) is 4.79 Å². The summed E-state index contributed by atoms with van der Waals surface area (Å²) in [6.07, 6.45) is 0. The van der Waals surface area contributed by atoms with Crippen molar-refractivity contribution in [3.63, 3.8) is 0 Å². The lowest BCUT2D eigenvalue weighted by Crippen LogP contribution is -2.29. The summed E-state index contributed by atoms with van der Waals surface area (Å²) in [5, 5.41) is 1.56. The molecular weight excluding hydrogens is 450 g/mol. The Morgan fingerprint density at radius 2 is 1.73 bits per heavy atom. The lowest BCUT2D eigenvalue weighted by molar-refractivity contribution is -0.113. The molecule has 3 aromatic carbocycles. The number of hydrogen-bond donors (Lipinski definition) is 0. The van der Waals surface area contributed by atoms with Gasteiger partial charge in [0.05, 0.1) is 29.2 Å². The van der Waals surface area contributed by atoms with Crippen molar-refractivity contribution in [3.8, 4) is 5.75 Å². The minimum absolute atomic E-state index is 0.0659. The summed E-state index contributed by atoms with van der Waals surface area (Å²) in [4.78, 5) is 24.2. The van der Waals surface area contributed by atoms with Crippen LogP contribution in [0.2, 0.25) is 0 Å². The molecule has 0 N–H and O–H groups in total. The Bertz CT molecular complexity index is 1320. The molecule has 3 aromatic rings. The number of thioether (sulfide) groups is 2. The molecule has 0 radical (unpaired) electrons. The maximum Gasteiger partial charge on any atom is 0.274 e. The van der Waals surface area contributed by atoms with E-state index in [1.54, 1.807) is 23.8 Å². The van der Waals surface area contributed by atoms with Gasteiger partial charge in [-0.1, -0.05) is 47.7 Å². The number of aliphatic imine (C=N–C) groups is 1. The first kappa shape index (κ1) is 21.7. The monoisotopic (exact) mass is 473 g/mol. The molecule has 0 aliphatic carbocycles. The Labute approximate surface area is 202 Å². The van der Waals surface area contributed by atoms with Crippen molar-refractivity contribution >= 4 is 51.7 Å². The number of methoxy groups -OCH3 is 1. The van der Waals surface area contributed by atoms with E-state index in [0.29, 0.717) is 10.1 Å². The topological polar surface area (TPSA) is 45.1 Å². The van der Waals surface area contributed by atoms with E-state index in [-0.39, 0.29) is 5.91 Å². The van der Waals surface area contributed by atoms with Gasteiger partial charge >= 0.3 is 0 Å². The molecule has 5 rings (SSSR count). The van der Waals surface area contributed by atoms with E-state index in [4.69, 9.17) is 9.73 Å². The van der Waals surface area contributed by atoms with Crippen molar-refractivity contribution in [2.45, 2.75) is 18.7 Å². The predicted molar refractivity (Wildman–Crippen MR) is 139 cm³/mol. The second-order valence-electron chi connectivity index (χ2n) is 7.89. The van der Waals surface area contributed by atoms with Crippen LogP contribution < -0.4 is 14.5 Å². The molecule has 0 saturated carbocycles. The summed E-state index contributed by atoms with van der Waals surface area (Å²) in [5.74, 6) is 0.727. The number of amides is 1. The number of benzene rings is 3. The molecule has 0 unspecified atom stereocenters. The zero-order chi connectivity index (χ0) is 23.1. The lowest BCUT2D eigenvalue weighted by atomic mass is 10.1. The molecule has 166 valence electrons. The number of carbonyl (C=O) groups excluding carboxylic acids is 1. The number of aryl methyl sites for hydroxylation is 2. The highest BCUT2D eigenvalue weighted by Gasteiger charge is 2.40. The minimum atomic E-state index is -0.0659. The fourth-order valence-electron chi connectivity index (χ4n) is 3.87. The average molecular weight is 474 g/mol. The van der Waals surface area contributed by atoms with Crippen LogP contribution in [0.5, 0.6) is 5.75 Å². The highest BCUT2D eigenvalue weighted by Crippen LogP contribution is 2.51. The number of carbonyl (C=O) groups is 1. The quantitative estimate of drug-likeness (QED) is 0.407. The van der Waals surface area contributed by atoms with Gasteiger partial charge in [-0.25, -0.2) is 4.99 Å². The van der Waals surface area contributed by atoms with Crippen LogP contribution >= 0.6 is 23.5 Å². The van der Waals surface area contributed by atoms with E-state index in [1.165, 1.54) is 17.3 Å². The van der Waals surface area contributed by atoms with Crippen LogP contribution in [0, 0.1) is 13.8 Å². The van der Waals surface area contributed by atoms with Gasteiger partial charge in [0.25, 0.3) is 5.91 Å². The number of anilines is 2. The van der Waals surface area contributed by atoms with Gasteiger partial charge in [-0.15, -0.1) is 0 Å². The molecule has 0 spiro atoms. The maximum absolute atomic E-state index is 13.8. The molecule has 2 heterocycles. The number of fused-ring (bicyclic) bond motifs is 1. The fourth-order valence-corrected chi connectivity index (χ4v) is 6.19. The molecule has 1 fully saturated rings. The number of ether oxygens (including phenoxy) is 1. The Hall–Kier alpha value is -3.16. The molecular formula is C26H23N3O2S2. The van der Waals surface area contributed by atoms with Crippen molar-refractivity contribution in [1.82, 2.24) is 0 Å². The van der Waals surface area contributed by atoms with Crippen LogP contribution in [0.3, 0.4) is 0 Å². The lowest BCUT2D eigenvalue weighted by Gasteiger charge is -2.17. The summed E-state index contributed by atoms with van der Waals surface area (Å²) >= 11 is 3.03. The first-order valence-electron chi connectivity index (χ1n) is 10.5. The fraction of sp³-hybridized carbons (Fsp3) is 0.154. The largest absolute Gasteiger partial charge is 0.497 e. The van der Waals surface area contributed by atoms with Crippen molar-refractivity contribution in [3.05, 3.63) is 87.8 Å². The molecule has 33 heavy (non-hydrogen) atoms. The van der Waals surface area contributed by atoms with Crippen LogP contribution in [0.25, 0.3) is 0 Å². The van der Waals surface area contributed by atoms with E-state index in [1.807, 2.05) is 74.6 Å². The number of nitrogens with zero attached hydrogens (tertiary/aromatic N) is 3. The first-order valence-corrected chi connectivity index (χ1v) is 12.2. The van der Waals surface area contributed by atoms with E-state index >= 15 is 0 Å². The number of para-hydroxylation sites is 1. The van der Waals surface area contributed by atoms with Crippen LogP contribution in [-0.2, 0) is 4.79 Å². The predicted octanol–water partition coefficient (Wildman–Crippen LogP) is 6.49. The summed E-state index contributed by atoms with van der Waals surface area (Å²) in [6, 6.07) is 21.8. The smallest absolute Gasteiger partial charge is 0.274 e. The molecule has 0 bridgehead atoms. The van der Waals surface area contributed by atoms with Gasteiger partial charge < -0.3 is 9.64 Å². The molecule has 2 aliphatic rings. The normalized spacial score (nSPS) is 18.9. The first-order chi connectivity index (χ1) is 16.0. The molecule has 7 heteroatoms. The van der Waals surface area contributed by atoms with Crippen LogP contribution in [0.15, 0.2) is 86.6 Å². The van der Waals surface area contributed by atoms with Gasteiger partial charge in [0.2, 0.25) is 0 Å². The Kier molecular flexibility index (Phi) is 5.68. The highest BCUT2D eigenvalue weighted by molar-refractivity contribution is 8.20. The zero-order valence-electron chi connectivity index (χ0n) is 18.8. The highest BCUT2D eigenvalue weighted by atomic mass is 32.2. The summed E-state index contributed by atoms with van der Waals surface area (Å²) in [5.41, 5.74) is 4.96. The van der Waals surface area contributed by atoms with Crippen molar-refractivity contribution in [2.24, 2.45) is 4.99 Å². The minimum Gasteiger partial charge on any atom is -0.497 e. The van der Waals surface area contributed by atoms with Gasteiger partial charge in [-0.05, 0) is 61.5 Å². The maximum atomic E-state index is 13.8. The second kappa shape index (κ2) is 8.65. The molecule has 0 aromatic heterocycles. The van der Waals surface area contributed by atoms with E-state index < -0.39 is 0 Å². The Balaban J connectivity index is 1.61. The Morgan fingerprint density at radius 3 is 2.45 bits per heavy atom. The third-order valence-corrected chi connectivity index (χ3v) is 7.99. The van der Waals surface area contributed by atoms with Gasteiger partial charge in [0.15, 0.2) is 5.17 Å². The second-order valence-corrected chi connectivity index (χ2v) is 9.90. The van der Waals surface area contributed by atoms with Gasteiger partial charge in [-0.2, -0.15) is 0 Å². The molecule has 2 aliphatic heterocycles. The van der Waals surface area contributed by atoms with Gasteiger partial charge in [-0.3, -0.25) is 9.69 Å². The average Bonchev–Trinajstić information content (AvgIpc) is 3.32. The molecule has 5 nitrogen and oxygen atoms in total. The van der Waals surface area contributed by atoms with Crippen molar-refractivity contribution in [1.29, 1.82) is 0 Å². The van der Waals surface area contributed by atoms with Gasteiger partial charge in [0, 0.05) is 18.0 Å². The van der Waals surface area contributed by atoms with Gasteiger partial charge in [0.1, 0.15) is 10.7 Å². The van der Waals surface area contributed by atoms with Crippen LogP contribution in [-0.4, -0.2) is 25.2 Å². The van der Waals surface area contributed by atoms with E-state index in [0.717, 1.165) is 38.3 Å². The third-order valence-electron chi connectivity index (χ3n) is 5.60. The standard InChI is InChI=1S/C26H23N3O2S2/c1-16-10-12-20(17(2)14-16)27-26-29(18-8-6-5-7-9-18)24(30)23(33-26)25-28(3)21-15-19(31-4)11-13-22(21)32-25/h5-15H,1-4H3. The number of hydrogen-bond acceptors (Lipinski definition) is 6. The summed E-state index contributed by atoms with van der Waals surface area (Å²) in [7, 11) is 3.65. The SMILES string of the molecule is COc1ccc2c(c1)N(C)C(=C1SC(=Nc3ccc(C)cc3C)N(c3ccccc3)C1=O)S2. The molecule has 1 saturated heterocycles. The van der Waals surface area contributed by atoms with Crippen LogP contribution in [0.1, 0.15) is 11.1 Å². The molecule has 0 atom stereocenters.